The minimum absolute atomic E-state index is 0.323. The van der Waals surface area contributed by atoms with Gasteiger partial charge >= 0.3 is 5.97 Å². The number of carbonyl (C=O) groups excluding carboxylic acids is 1. The molecule has 1 aliphatic rings. The average Bonchev–Trinajstić information content (AvgIpc) is 2.69. The molecule has 1 aromatic heterocycles. The van der Waals surface area contributed by atoms with Crippen LogP contribution in [0.1, 0.15) is 42.1 Å². The summed E-state index contributed by atoms with van der Waals surface area (Å²) >= 11 is 1.58. The number of methoxy groups -OCH3 is 1. The van der Waals surface area contributed by atoms with Crippen molar-refractivity contribution in [2.24, 2.45) is 5.41 Å². The number of hydrogen-bond donors (Lipinski definition) is 0. The lowest BCUT2D eigenvalue weighted by Crippen LogP contribution is -2.40. The highest BCUT2D eigenvalue weighted by Crippen LogP contribution is 2.34. The predicted molar refractivity (Wildman–Crippen MR) is 73.4 cm³/mol. The Morgan fingerprint density at radius 2 is 2.22 bits per heavy atom. The highest BCUT2D eigenvalue weighted by molar-refractivity contribution is 7.15. The van der Waals surface area contributed by atoms with Gasteiger partial charge in [0.25, 0.3) is 0 Å². The van der Waals surface area contributed by atoms with Gasteiger partial charge in [-0.3, -0.25) is 0 Å². The first kappa shape index (κ1) is 13.3. The van der Waals surface area contributed by atoms with Gasteiger partial charge in [0.15, 0.2) is 10.8 Å². The van der Waals surface area contributed by atoms with Crippen molar-refractivity contribution in [1.29, 1.82) is 0 Å². The topological polar surface area (TPSA) is 42.4 Å². The summed E-state index contributed by atoms with van der Waals surface area (Å²) in [5.41, 5.74) is 0.782. The van der Waals surface area contributed by atoms with Crippen LogP contribution < -0.4 is 4.90 Å². The Balaban J connectivity index is 2.21. The minimum Gasteiger partial charge on any atom is -0.464 e. The van der Waals surface area contributed by atoms with E-state index >= 15 is 0 Å². The van der Waals surface area contributed by atoms with E-state index in [0.717, 1.165) is 23.1 Å². The average molecular weight is 268 g/mol. The molecule has 0 unspecified atom stereocenters. The fourth-order valence-corrected chi connectivity index (χ4v) is 3.31. The number of thiazole rings is 1. The SMILES string of the molecule is COC(=O)c1nc(N2CCCC(C)(C)C2)sc1C. The summed E-state index contributed by atoms with van der Waals surface area (Å²) in [6, 6.07) is 0. The molecule has 1 fully saturated rings. The van der Waals surface area contributed by atoms with E-state index in [-0.39, 0.29) is 5.97 Å². The summed E-state index contributed by atoms with van der Waals surface area (Å²) < 4.78 is 4.75. The lowest BCUT2D eigenvalue weighted by molar-refractivity contribution is 0.0594. The van der Waals surface area contributed by atoms with Gasteiger partial charge in [-0.25, -0.2) is 9.78 Å². The maximum absolute atomic E-state index is 11.6. The van der Waals surface area contributed by atoms with Crippen LogP contribution in [-0.2, 0) is 4.74 Å². The number of piperidine rings is 1. The predicted octanol–water partition coefficient (Wildman–Crippen LogP) is 2.86. The number of rotatable bonds is 2. The van der Waals surface area contributed by atoms with E-state index in [1.807, 2.05) is 6.92 Å². The van der Waals surface area contributed by atoms with Crippen LogP contribution in [0.5, 0.6) is 0 Å². The second-order valence-electron chi connectivity index (χ2n) is 5.58. The standard InChI is InChI=1S/C13H20N2O2S/c1-9-10(11(16)17-4)14-12(18-9)15-7-5-6-13(2,3)8-15/h5-8H2,1-4H3. The van der Waals surface area contributed by atoms with Gasteiger partial charge in [-0.05, 0) is 25.2 Å². The number of aryl methyl sites for hydroxylation is 1. The van der Waals surface area contributed by atoms with Crippen molar-refractivity contribution >= 4 is 22.4 Å². The fraction of sp³-hybridized carbons (Fsp3) is 0.692. The second kappa shape index (κ2) is 4.88. The van der Waals surface area contributed by atoms with Gasteiger partial charge in [-0.15, -0.1) is 11.3 Å². The zero-order valence-electron chi connectivity index (χ0n) is 11.4. The Bertz CT molecular complexity index is 454. The van der Waals surface area contributed by atoms with Crippen molar-refractivity contribution in [2.45, 2.75) is 33.6 Å². The van der Waals surface area contributed by atoms with Crippen molar-refractivity contribution in [3.63, 3.8) is 0 Å². The molecule has 0 aromatic carbocycles. The van der Waals surface area contributed by atoms with Crippen molar-refractivity contribution in [1.82, 2.24) is 4.98 Å². The highest BCUT2D eigenvalue weighted by Gasteiger charge is 2.29. The molecule has 4 nitrogen and oxygen atoms in total. The Morgan fingerprint density at radius 1 is 1.50 bits per heavy atom. The van der Waals surface area contributed by atoms with E-state index in [1.54, 1.807) is 11.3 Å². The maximum Gasteiger partial charge on any atom is 0.357 e. The molecule has 1 saturated heterocycles. The molecule has 0 spiro atoms. The van der Waals surface area contributed by atoms with Gasteiger partial charge in [0, 0.05) is 18.0 Å². The molecule has 0 N–H and O–H groups in total. The van der Waals surface area contributed by atoms with Crippen molar-refractivity contribution in [3.05, 3.63) is 10.6 Å². The van der Waals surface area contributed by atoms with Gasteiger partial charge < -0.3 is 9.64 Å². The Labute approximate surface area is 112 Å². The second-order valence-corrected chi connectivity index (χ2v) is 6.76. The van der Waals surface area contributed by atoms with Gasteiger partial charge in [-0.2, -0.15) is 0 Å². The van der Waals surface area contributed by atoms with Crippen molar-refractivity contribution < 1.29 is 9.53 Å². The third-order valence-electron chi connectivity index (χ3n) is 3.34. The molecule has 0 amide bonds. The van der Waals surface area contributed by atoms with Crippen LogP contribution in [0.25, 0.3) is 0 Å². The lowest BCUT2D eigenvalue weighted by Gasteiger charge is -2.37. The highest BCUT2D eigenvalue weighted by atomic mass is 32.1. The third kappa shape index (κ3) is 2.66. The van der Waals surface area contributed by atoms with E-state index < -0.39 is 0 Å². The first-order valence-electron chi connectivity index (χ1n) is 6.24. The monoisotopic (exact) mass is 268 g/mol. The molecule has 1 aliphatic heterocycles. The van der Waals surface area contributed by atoms with Crippen LogP contribution in [0.2, 0.25) is 0 Å². The van der Waals surface area contributed by atoms with Crippen LogP contribution >= 0.6 is 11.3 Å². The quantitative estimate of drug-likeness (QED) is 0.774. The van der Waals surface area contributed by atoms with Crippen molar-refractivity contribution in [3.8, 4) is 0 Å². The summed E-state index contributed by atoms with van der Waals surface area (Å²) in [7, 11) is 1.39. The molecule has 2 rings (SSSR count). The van der Waals surface area contributed by atoms with Crippen LogP contribution in [0.4, 0.5) is 5.13 Å². The van der Waals surface area contributed by atoms with E-state index in [9.17, 15) is 4.79 Å². The fourth-order valence-electron chi connectivity index (χ4n) is 2.39. The smallest absolute Gasteiger partial charge is 0.357 e. The molecule has 0 aliphatic carbocycles. The summed E-state index contributed by atoms with van der Waals surface area (Å²) in [5, 5.41) is 0.945. The van der Waals surface area contributed by atoms with Crippen LogP contribution in [-0.4, -0.2) is 31.2 Å². The lowest BCUT2D eigenvalue weighted by atomic mass is 9.84. The summed E-state index contributed by atoms with van der Waals surface area (Å²) in [4.78, 5) is 19.2. The first-order valence-corrected chi connectivity index (χ1v) is 7.05. The van der Waals surface area contributed by atoms with E-state index in [0.29, 0.717) is 11.1 Å². The number of carbonyl (C=O) groups is 1. The zero-order chi connectivity index (χ0) is 13.3. The molecule has 0 bridgehead atoms. The number of hydrogen-bond acceptors (Lipinski definition) is 5. The van der Waals surface area contributed by atoms with Crippen LogP contribution in [0.3, 0.4) is 0 Å². The van der Waals surface area contributed by atoms with Gasteiger partial charge in [0.1, 0.15) is 0 Å². The zero-order valence-corrected chi connectivity index (χ0v) is 12.3. The van der Waals surface area contributed by atoms with E-state index in [2.05, 4.69) is 23.7 Å². The van der Waals surface area contributed by atoms with E-state index in [4.69, 9.17) is 4.74 Å². The number of aromatic nitrogens is 1. The number of esters is 1. The summed E-state index contributed by atoms with van der Waals surface area (Å²) in [6.45, 7) is 8.50. The molecule has 100 valence electrons. The normalized spacial score (nSPS) is 18.8. The third-order valence-corrected chi connectivity index (χ3v) is 4.37. The molecular weight excluding hydrogens is 248 g/mol. The molecule has 1 aromatic rings. The Morgan fingerprint density at radius 3 is 2.83 bits per heavy atom. The number of nitrogens with zero attached hydrogens (tertiary/aromatic N) is 2. The molecule has 2 heterocycles. The summed E-state index contributed by atoms with van der Waals surface area (Å²) in [5.74, 6) is -0.341. The van der Waals surface area contributed by atoms with Gasteiger partial charge in [0.2, 0.25) is 0 Å². The van der Waals surface area contributed by atoms with Crippen LogP contribution in [0, 0.1) is 12.3 Å². The minimum atomic E-state index is -0.341. The van der Waals surface area contributed by atoms with Crippen molar-refractivity contribution in [2.75, 3.05) is 25.1 Å². The molecule has 18 heavy (non-hydrogen) atoms. The molecule has 0 radical (unpaired) electrons. The maximum atomic E-state index is 11.6. The van der Waals surface area contributed by atoms with Gasteiger partial charge in [0.05, 0.1) is 7.11 Å². The number of anilines is 1. The molecule has 5 heteroatoms. The summed E-state index contributed by atoms with van der Waals surface area (Å²) in [6.07, 6.45) is 2.43. The molecule has 0 saturated carbocycles. The number of ether oxygens (including phenoxy) is 1. The van der Waals surface area contributed by atoms with Crippen LogP contribution in [0.15, 0.2) is 0 Å². The Hall–Kier alpha value is -1.10. The Kier molecular flexibility index (Phi) is 3.61. The van der Waals surface area contributed by atoms with E-state index in [1.165, 1.54) is 20.0 Å². The van der Waals surface area contributed by atoms with Gasteiger partial charge in [-0.1, -0.05) is 13.8 Å². The molecular formula is C13H20N2O2S. The molecule has 0 atom stereocenters. The first-order chi connectivity index (χ1) is 8.43. The largest absolute Gasteiger partial charge is 0.464 e.